The van der Waals surface area contributed by atoms with Crippen LogP contribution in [0.3, 0.4) is 0 Å². The molecular formula is C66H124O10. The lowest BCUT2D eigenvalue weighted by molar-refractivity contribution is -0.159. The lowest BCUT2D eigenvalue weighted by Gasteiger charge is -2.28. The maximum absolute atomic E-state index is 12.3. The molecule has 0 aromatic carbocycles. The summed E-state index contributed by atoms with van der Waals surface area (Å²) in [6.45, 7) is 12.3. The van der Waals surface area contributed by atoms with Crippen LogP contribution in [0.1, 0.15) is 324 Å². The third kappa shape index (κ3) is 56.0. The van der Waals surface area contributed by atoms with Crippen molar-refractivity contribution in [1.82, 2.24) is 0 Å². The standard InChI is InChI=1S/C41H76O6.C25H48O4/c1-3-5-7-9-11-13-15-17-19-21-23-25-27-29-31-33-39(44)46-37-41(35-42,36-43)38-47-40(45)34-32-30-28-26-24-22-20-18-16-14-12-10-8-6-4-2;1-5-7-9-11-13-15-17-19-23(26)28-21-25(3,4)22-29-24(27)20-18-16-14-12-10-8-6-2/h17-20,42-43H,3-16,21-38H2,1-2H3;5-22H2,1-4H3/b19-17-,20-18-;. The number of ether oxygens (including phenoxy) is 4. The van der Waals surface area contributed by atoms with E-state index in [4.69, 9.17) is 18.9 Å². The first-order chi connectivity index (χ1) is 36.9. The average molecular weight is 1080 g/mol. The minimum Gasteiger partial charge on any atom is -0.465 e. The highest BCUT2D eigenvalue weighted by atomic mass is 16.6. The van der Waals surface area contributed by atoms with Crippen LogP contribution in [-0.2, 0) is 38.1 Å². The molecule has 0 unspecified atom stereocenters. The van der Waals surface area contributed by atoms with Gasteiger partial charge >= 0.3 is 23.9 Å². The second kappa shape index (κ2) is 58.4. The smallest absolute Gasteiger partial charge is 0.305 e. The second-order valence-electron chi connectivity index (χ2n) is 23.0. The van der Waals surface area contributed by atoms with Crippen LogP contribution in [0.2, 0.25) is 0 Å². The largest absolute Gasteiger partial charge is 0.465 e. The lowest BCUT2D eigenvalue weighted by atomic mass is 9.92. The van der Waals surface area contributed by atoms with E-state index in [1.165, 1.54) is 167 Å². The number of unbranched alkanes of at least 4 members (excludes halogenated alkanes) is 34. The molecule has 0 amide bonds. The molecule has 0 aliphatic heterocycles. The fourth-order valence-corrected chi connectivity index (χ4v) is 8.76. The molecule has 10 heteroatoms. The van der Waals surface area contributed by atoms with Gasteiger partial charge < -0.3 is 29.2 Å². The van der Waals surface area contributed by atoms with Crippen molar-refractivity contribution >= 4 is 23.9 Å². The molecule has 0 aliphatic carbocycles. The van der Waals surface area contributed by atoms with Gasteiger partial charge in [-0.3, -0.25) is 19.2 Å². The number of rotatable bonds is 56. The molecule has 0 aliphatic rings. The van der Waals surface area contributed by atoms with Crippen molar-refractivity contribution in [2.75, 3.05) is 39.6 Å². The van der Waals surface area contributed by atoms with Crippen LogP contribution < -0.4 is 0 Å². The minimum atomic E-state index is -1.17. The molecule has 448 valence electrons. The highest BCUT2D eigenvalue weighted by molar-refractivity contribution is 5.70. The van der Waals surface area contributed by atoms with Gasteiger partial charge in [-0.1, -0.05) is 246 Å². The molecule has 0 spiro atoms. The van der Waals surface area contributed by atoms with Gasteiger partial charge in [0.15, 0.2) is 0 Å². The van der Waals surface area contributed by atoms with Gasteiger partial charge in [0.1, 0.15) is 13.2 Å². The minimum absolute atomic E-state index is 0.138. The van der Waals surface area contributed by atoms with E-state index >= 15 is 0 Å². The van der Waals surface area contributed by atoms with E-state index in [1.807, 2.05) is 13.8 Å². The number of hydrogen-bond donors (Lipinski definition) is 2. The van der Waals surface area contributed by atoms with Crippen LogP contribution in [0.25, 0.3) is 0 Å². The zero-order chi connectivity index (χ0) is 56.3. The molecule has 0 aromatic heterocycles. The molecular weight excluding hydrogens is 953 g/mol. The van der Waals surface area contributed by atoms with Crippen molar-refractivity contribution < 1.29 is 48.3 Å². The summed E-state index contributed by atoms with van der Waals surface area (Å²) in [6.07, 6.45) is 58.7. The van der Waals surface area contributed by atoms with Gasteiger partial charge in [-0.2, -0.15) is 0 Å². The van der Waals surface area contributed by atoms with Crippen molar-refractivity contribution in [3.8, 4) is 0 Å². The number of carbonyl (C=O) groups is 4. The zero-order valence-corrected chi connectivity index (χ0v) is 50.8. The number of hydrogen-bond acceptors (Lipinski definition) is 10. The van der Waals surface area contributed by atoms with Crippen molar-refractivity contribution in [2.24, 2.45) is 10.8 Å². The number of esters is 4. The van der Waals surface area contributed by atoms with Crippen LogP contribution in [0.4, 0.5) is 0 Å². The van der Waals surface area contributed by atoms with Crippen molar-refractivity contribution in [2.45, 2.75) is 324 Å². The Labute approximate surface area is 469 Å². The number of carbonyl (C=O) groups excluding carboxylic acids is 4. The van der Waals surface area contributed by atoms with Crippen molar-refractivity contribution in [3.05, 3.63) is 24.3 Å². The molecule has 0 aromatic rings. The molecule has 0 heterocycles. The maximum Gasteiger partial charge on any atom is 0.305 e. The topological polar surface area (TPSA) is 146 Å². The normalized spacial score (nSPS) is 11.8. The highest BCUT2D eigenvalue weighted by Crippen LogP contribution is 2.21. The highest BCUT2D eigenvalue weighted by Gasteiger charge is 2.33. The second-order valence-corrected chi connectivity index (χ2v) is 23.0. The lowest BCUT2D eigenvalue weighted by Crippen LogP contribution is -2.41. The molecule has 0 fully saturated rings. The summed E-state index contributed by atoms with van der Waals surface area (Å²) >= 11 is 0. The predicted octanol–water partition coefficient (Wildman–Crippen LogP) is 18.5. The van der Waals surface area contributed by atoms with Crippen LogP contribution in [0.15, 0.2) is 24.3 Å². The SMILES string of the molecule is CCCCCCCC/C=C\CCCCCCCC(=O)OCC(CO)(CO)COC(=O)CCCCCCC/C=C\CCCCCCCC.CCCCCCCCCC(=O)OCC(C)(C)COC(=O)CCCCCCCCC. The molecule has 0 saturated carbocycles. The molecule has 76 heavy (non-hydrogen) atoms. The third-order valence-corrected chi connectivity index (χ3v) is 14.3. The van der Waals surface area contributed by atoms with E-state index in [0.29, 0.717) is 38.9 Å². The van der Waals surface area contributed by atoms with E-state index in [-0.39, 0.29) is 42.5 Å². The van der Waals surface area contributed by atoms with Crippen molar-refractivity contribution in [3.63, 3.8) is 0 Å². The summed E-state index contributed by atoms with van der Waals surface area (Å²) in [7, 11) is 0. The van der Waals surface area contributed by atoms with E-state index in [2.05, 4.69) is 52.0 Å². The fourth-order valence-electron chi connectivity index (χ4n) is 8.76. The monoisotopic (exact) mass is 1080 g/mol. The summed E-state index contributed by atoms with van der Waals surface area (Å²) in [4.78, 5) is 48.3. The van der Waals surface area contributed by atoms with E-state index in [9.17, 15) is 29.4 Å². The van der Waals surface area contributed by atoms with Gasteiger partial charge in [0.25, 0.3) is 0 Å². The zero-order valence-electron chi connectivity index (χ0n) is 50.8. The van der Waals surface area contributed by atoms with Crippen LogP contribution in [-0.4, -0.2) is 73.7 Å². The van der Waals surface area contributed by atoms with E-state index in [0.717, 1.165) is 89.9 Å². The predicted molar refractivity (Wildman–Crippen MR) is 318 cm³/mol. The number of aliphatic hydroxyl groups is 2. The Hall–Kier alpha value is -2.72. The molecule has 0 radical (unpaired) electrons. The summed E-state index contributed by atoms with van der Waals surface area (Å²) < 4.78 is 21.5. The molecule has 0 rings (SSSR count). The summed E-state index contributed by atoms with van der Waals surface area (Å²) in [5.74, 6) is -0.955. The van der Waals surface area contributed by atoms with Crippen LogP contribution in [0, 0.1) is 10.8 Å². The summed E-state index contributed by atoms with van der Waals surface area (Å²) in [6, 6.07) is 0. The summed E-state index contributed by atoms with van der Waals surface area (Å²) in [5.41, 5.74) is -1.51. The van der Waals surface area contributed by atoms with E-state index in [1.54, 1.807) is 0 Å². The Morgan fingerprint density at radius 2 is 0.500 bits per heavy atom. The summed E-state index contributed by atoms with van der Waals surface area (Å²) in [5, 5.41) is 19.8. The quantitative estimate of drug-likeness (QED) is 0.0261. The fraction of sp³-hybridized carbons (Fsp3) is 0.879. The van der Waals surface area contributed by atoms with Gasteiger partial charge in [0.2, 0.25) is 0 Å². The molecule has 0 bridgehead atoms. The van der Waals surface area contributed by atoms with Gasteiger partial charge in [0.05, 0.1) is 31.8 Å². The molecule has 0 atom stereocenters. The first-order valence-electron chi connectivity index (χ1n) is 32.1. The van der Waals surface area contributed by atoms with Gasteiger partial charge in [0, 0.05) is 31.1 Å². The third-order valence-electron chi connectivity index (χ3n) is 14.3. The Bertz CT molecular complexity index is 1240. The first kappa shape index (κ1) is 75.4. The number of allylic oxidation sites excluding steroid dienone is 4. The maximum atomic E-state index is 12.3. The Morgan fingerprint density at radius 1 is 0.303 bits per heavy atom. The van der Waals surface area contributed by atoms with Crippen molar-refractivity contribution in [1.29, 1.82) is 0 Å². The van der Waals surface area contributed by atoms with E-state index < -0.39 is 18.6 Å². The first-order valence-corrected chi connectivity index (χ1v) is 32.1. The molecule has 0 saturated heterocycles. The average Bonchev–Trinajstić information content (AvgIpc) is 3.41. The number of aliphatic hydroxyl groups excluding tert-OH is 2. The Morgan fingerprint density at radius 3 is 0.724 bits per heavy atom. The van der Waals surface area contributed by atoms with Gasteiger partial charge in [-0.15, -0.1) is 0 Å². The van der Waals surface area contributed by atoms with Crippen LogP contribution >= 0.6 is 0 Å². The Balaban J connectivity index is 0. The molecule has 10 nitrogen and oxygen atoms in total. The Kier molecular flexibility index (Phi) is 57.9. The van der Waals surface area contributed by atoms with Gasteiger partial charge in [-0.25, -0.2) is 0 Å². The molecule has 2 N–H and O–H groups in total. The van der Waals surface area contributed by atoms with Gasteiger partial charge in [-0.05, 0) is 77.0 Å². The van der Waals surface area contributed by atoms with Crippen LogP contribution in [0.5, 0.6) is 0 Å².